The summed E-state index contributed by atoms with van der Waals surface area (Å²) in [6.07, 6.45) is 0. The van der Waals surface area contributed by atoms with Crippen molar-refractivity contribution < 1.29 is 19.1 Å². The number of hydrogen-bond acceptors (Lipinski definition) is 5. The van der Waals surface area contributed by atoms with E-state index in [9.17, 15) is 9.59 Å². The molecule has 7 heteroatoms. The van der Waals surface area contributed by atoms with E-state index < -0.39 is 11.8 Å². The molecule has 1 aliphatic heterocycles. The van der Waals surface area contributed by atoms with Crippen LogP contribution in [0.25, 0.3) is 0 Å². The van der Waals surface area contributed by atoms with Gasteiger partial charge in [0.05, 0.1) is 13.7 Å². The molecule has 0 radical (unpaired) electrons. The first-order chi connectivity index (χ1) is 12.0. The summed E-state index contributed by atoms with van der Waals surface area (Å²) in [4.78, 5) is 27.8. The van der Waals surface area contributed by atoms with Crippen molar-refractivity contribution in [3.8, 4) is 11.5 Å². The number of nitrogens with zero attached hydrogens (tertiary/aromatic N) is 2. The summed E-state index contributed by atoms with van der Waals surface area (Å²) < 4.78 is 10.8. The van der Waals surface area contributed by atoms with Gasteiger partial charge in [0.15, 0.2) is 11.5 Å². The van der Waals surface area contributed by atoms with Crippen LogP contribution in [0.1, 0.15) is 12.5 Å². The van der Waals surface area contributed by atoms with E-state index in [2.05, 4.69) is 0 Å². The largest absolute Gasteiger partial charge is 0.493 e. The average Bonchev–Trinajstić information content (AvgIpc) is 3.01. The fourth-order valence-electron chi connectivity index (χ4n) is 3.47. The summed E-state index contributed by atoms with van der Waals surface area (Å²) in [5.74, 6) is 1.07. The Morgan fingerprint density at radius 3 is 2.56 bits per heavy atom. The molecule has 2 N–H and O–H groups in total. The van der Waals surface area contributed by atoms with Crippen LogP contribution >= 0.6 is 0 Å². The number of piperidine rings is 1. The standard InChI is InChI=1S/C18H25N3O4/c1-4-25-14-6-5-11(7-15(14)24-3)8-20(2)17(22)18(23)21-9-12-13(10-21)16(12)19/h5-7,12-13,16H,4,8-10,19H2,1-3H3/t12-,13+,16?. The van der Waals surface area contributed by atoms with Crippen LogP contribution in [0, 0.1) is 11.8 Å². The van der Waals surface area contributed by atoms with E-state index in [0.717, 1.165) is 5.56 Å². The molecule has 136 valence electrons. The third kappa shape index (κ3) is 3.42. The zero-order chi connectivity index (χ0) is 18.1. The van der Waals surface area contributed by atoms with E-state index in [4.69, 9.17) is 15.2 Å². The minimum Gasteiger partial charge on any atom is -0.493 e. The van der Waals surface area contributed by atoms with Crippen LogP contribution in [0.5, 0.6) is 11.5 Å². The van der Waals surface area contributed by atoms with E-state index in [1.165, 1.54) is 4.90 Å². The number of methoxy groups -OCH3 is 1. The predicted octanol–water partition coefficient (Wildman–Crippen LogP) is 0.468. The number of hydrogen-bond donors (Lipinski definition) is 1. The number of carbonyl (C=O) groups excluding carboxylic acids is 2. The number of fused-ring (bicyclic) bond motifs is 1. The van der Waals surface area contributed by atoms with Crippen LogP contribution in [0.2, 0.25) is 0 Å². The lowest BCUT2D eigenvalue weighted by Crippen LogP contribution is -2.44. The smallest absolute Gasteiger partial charge is 0.312 e. The van der Waals surface area contributed by atoms with E-state index in [0.29, 0.717) is 49.6 Å². The number of amides is 2. The maximum atomic E-state index is 12.4. The Bertz CT molecular complexity index is 666. The van der Waals surface area contributed by atoms with Gasteiger partial charge >= 0.3 is 11.8 Å². The molecule has 1 unspecified atom stereocenters. The number of likely N-dealkylation sites (N-methyl/N-ethyl adjacent to an activating group) is 1. The number of carbonyl (C=O) groups is 2. The van der Waals surface area contributed by atoms with Gasteiger partial charge in [0.25, 0.3) is 0 Å². The van der Waals surface area contributed by atoms with Crippen molar-refractivity contribution in [3.63, 3.8) is 0 Å². The highest BCUT2D eigenvalue weighted by Crippen LogP contribution is 2.43. The Hall–Kier alpha value is -2.28. The molecule has 1 saturated heterocycles. The number of rotatable bonds is 5. The van der Waals surface area contributed by atoms with E-state index >= 15 is 0 Å². The molecular weight excluding hydrogens is 322 g/mol. The number of ether oxygens (including phenoxy) is 2. The zero-order valence-electron chi connectivity index (χ0n) is 14.9. The van der Waals surface area contributed by atoms with Crippen molar-refractivity contribution in [2.45, 2.75) is 19.5 Å². The Labute approximate surface area is 147 Å². The lowest BCUT2D eigenvalue weighted by Gasteiger charge is -2.23. The van der Waals surface area contributed by atoms with Gasteiger partial charge in [-0.25, -0.2) is 0 Å². The second-order valence-corrected chi connectivity index (χ2v) is 6.69. The normalized spacial score (nSPS) is 23.8. The summed E-state index contributed by atoms with van der Waals surface area (Å²) in [6, 6.07) is 5.70. The van der Waals surface area contributed by atoms with Crippen LogP contribution in [0.3, 0.4) is 0 Å². The van der Waals surface area contributed by atoms with Gasteiger partial charge in [-0.05, 0) is 36.5 Å². The highest BCUT2D eigenvalue weighted by molar-refractivity contribution is 6.34. The second kappa shape index (κ2) is 6.92. The van der Waals surface area contributed by atoms with Crippen LogP contribution < -0.4 is 15.2 Å². The van der Waals surface area contributed by atoms with Gasteiger partial charge in [-0.2, -0.15) is 0 Å². The van der Waals surface area contributed by atoms with Gasteiger partial charge in [0, 0.05) is 32.7 Å². The molecule has 0 spiro atoms. The Morgan fingerprint density at radius 2 is 1.96 bits per heavy atom. The summed E-state index contributed by atoms with van der Waals surface area (Å²) >= 11 is 0. The SMILES string of the molecule is CCOc1ccc(CN(C)C(=O)C(=O)N2C[C@@H]3C(N)[C@@H]3C2)cc1OC. The highest BCUT2D eigenvalue weighted by atomic mass is 16.5. The topological polar surface area (TPSA) is 85.1 Å². The van der Waals surface area contributed by atoms with Crippen molar-refractivity contribution in [1.82, 2.24) is 9.80 Å². The number of nitrogens with two attached hydrogens (primary N) is 1. The molecule has 1 aromatic rings. The number of benzene rings is 1. The first kappa shape index (κ1) is 17.5. The quantitative estimate of drug-likeness (QED) is 0.783. The van der Waals surface area contributed by atoms with Crippen LogP contribution in [0.15, 0.2) is 18.2 Å². The molecule has 3 rings (SSSR count). The molecule has 2 amide bonds. The molecule has 1 saturated carbocycles. The molecule has 2 fully saturated rings. The maximum Gasteiger partial charge on any atom is 0.312 e. The van der Waals surface area contributed by atoms with Gasteiger partial charge in [-0.15, -0.1) is 0 Å². The van der Waals surface area contributed by atoms with Crippen molar-refractivity contribution in [3.05, 3.63) is 23.8 Å². The summed E-state index contributed by atoms with van der Waals surface area (Å²) in [5, 5.41) is 0. The lowest BCUT2D eigenvalue weighted by molar-refractivity contribution is -0.151. The lowest BCUT2D eigenvalue weighted by atomic mass is 10.2. The third-order valence-electron chi connectivity index (χ3n) is 5.02. The molecule has 7 nitrogen and oxygen atoms in total. The van der Waals surface area contributed by atoms with Crippen molar-refractivity contribution in [2.75, 3.05) is 33.9 Å². The van der Waals surface area contributed by atoms with Crippen LogP contribution in [-0.4, -0.2) is 61.5 Å². The van der Waals surface area contributed by atoms with Crippen molar-refractivity contribution >= 4 is 11.8 Å². The fourth-order valence-corrected chi connectivity index (χ4v) is 3.47. The summed E-state index contributed by atoms with van der Waals surface area (Å²) in [7, 11) is 3.20. The number of likely N-dealkylation sites (tertiary alicyclic amines) is 1. The maximum absolute atomic E-state index is 12.4. The van der Waals surface area contributed by atoms with Gasteiger partial charge in [-0.1, -0.05) is 6.07 Å². The molecule has 1 heterocycles. The molecular formula is C18H25N3O4. The molecule has 25 heavy (non-hydrogen) atoms. The first-order valence-electron chi connectivity index (χ1n) is 8.56. The van der Waals surface area contributed by atoms with Gasteiger partial charge < -0.3 is 25.0 Å². The van der Waals surface area contributed by atoms with E-state index in [1.54, 1.807) is 19.1 Å². The van der Waals surface area contributed by atoms with Crippen LogP contribution in [-0.2, 0) is 16.1 Å². The predicted molar refractivity (Wildman–Crippen MR) is 92.2 cm³/mol. The second-order valence-electron chi connectivity index (χ2n) is 6.69. The summed E-state index contributed by atoms with van der Waals surface area (Å²) in [5.41, 5.74) is 6.75. The van der Waals surface area contributed by atoms with E-state index in [1.807, 2.05) is 25.1 Å². The molecule has 1 aliphatic carbocycles. The Balaban J connectivity index is 1.60. The van der Waals surface area contributed by atoms with Gasteiger partial charge in [-0.3, -0.25) is 9.59 Å². The first-order valence-corrected chi connectivity index (χ1v) is 8.56. The molecule has 2 aliphatic rings. The minimum absolute atomic E-state index is 0.202. The van der Waals surface area contributed by atoms with Gasteiger partial charge in [0.1, 0.15) is 0 Å². The highest BCUT2D eigenvalue weighted by Gasteiger charge is 2.55. The van der Waals surface area contributed by atoms with Crippen molar-refractivity contribution in [1.29, 1.82) is 0 Å². The molecule has 0 aromatic heterocycles. The minimum atomic E-state index is -0.497. The van der Waals surface area contributed by atoms with Crippen LogP contribution in [0.4, 0.5) is 0 Å². The molecule has 0 bridgehead atoms. The summed E-state index contributed by atoms with van der Waals surface area (Å²) in [6.45, 7) is 3.97. The molecule has 3 atom stereocenters. The Kier molecular flexibility index (Phi) is 4.85. The molecule has 1 aromatic carbocycles. The zero-order valence-corrected chi connectivity index (χ0v) is 14.9. The van der Waals surface area contributed by atoms with E-state index in [-0.39, 0.29) is 6.04 Å². The van der Waals surface area contributed by atoms with Crippen molar-refractivity contribution in [2.24, 2.45) is 17.6 Å². The third-order valence-corrected chi connectivity index (χ3v) is 5.02. The average molecular weight is 347 g/mol. The fraction of sp³-hybridized carbons (Fsp3) is 0.556. The van der Waals surface area contributed by atoms with Gasteiger partial charge in [0.2, 0.25) is 0 Å². The monoisotopic (exact) mass is 347 g/mol. The Morgan fingerprint density at radius 1 is 1.28 bits per heavy atom.